The van der Waals surface area contributed by atoms with Gasteiger partial charge in [0.25, 0.3) is 0 Å². The van der Waals surface area contributed by atoms with Gasteiger partial charge in [-0.05, 0) is 18.2 Å². The van der Waals surface area contributed by atoms with Crippen LogP contribution in [0.4, 0.5) is 0 Å². The summed E-state index contributed by atoms with van der Waals surface area (Å²) in [6, 6.07) is 5.39. The Bertz CT molecular complexity index is 447. The van der Waals surface area contributed by atoms with E-state index in [4.69, 9.17) is 16.0 Å². The number of nitrogens with zero attached hydrogens (tertiary/aromatic N) is 1. The lowest BCUT2D eigenvalue weighted by Crippen LogP contribution is -1.76. The fourth-order valence-corrected chi connectivity index (χ4v) is 1.33. The van der Waals surface area contributed by atoms with Crippen molar-refractivity contribution in [2.75, 3.05) is 0 Å². The zero-order valence-corrected chi connectivity index (χ0v) is 7.71. The molecule has 2 aromatic rings. The van der Waals surface area contributed by atoms with Gasteiger partial charge in [-0.3, -0.25) is 0 Å². The summed E-state index contributed by atoms with van der Waals surface area (Å²) in [6.45, 7) is 3.62. The zero-order chi connectivity index (χ0) is 9.26. The van der Waals surface area contributed by atoms with Crippen molar-refractivity contribution in [2.24, 2.45) is 0 Å². The van der Waals surface area contributed by atoms with E-state index in [1.807, 2.05) is 6.07 Å². The van der Waals surface area contributed by atoms with E-state index < -0.39 is 0 Å². The second-order valence-corrected chi connectivity index (χ2v) is 3.15. The number of aromatic nitrogens is 1. The third-order valence-corrected chi connectivity index (χ3v) is 1.95. The molecular formula is C10H8ClNO. The summed E-state index contributed by atoms with van der Waals surface area (Å²) < 4.78 is 5.42. The van der Waals surface area contributed by atoms with Gasteiger partial charge in [-0.2, -0.15) is 0 Å². The fourth-order valence-electron chi connectivity index (χ4n) is 1.16. The van der Waals surface area contributed by atoms with Gasteiger partial charge in [0, 0.05) is 11.4 Å². The Labute approximate surface area is 80.8 Å². The van der Waals surface area contributed by atoms with Crippen molar-refractivity contribution >= 4 is 22.7 Å². The number of halogens is 1. The second kappa shape index (κ2) is 3.23. The van der Waals surface area contributed by atoms with E-state index in [0.29, 0.717) is 17.3 Å². The van der Waals surface area contributed by atoms with Crippen molar-refractivity contribution in [3.8, 4) is 0 Å². The van der Waals surface area contributed by atoms with Gasteiger partial charge in [-0.25, -0.2) is 4.98 Å². The lowest BCUT2D eigenvalue weighted by molar-refractivity contribution is 0.547. The molecule has 1 aromatic carbocycles. The summed E-state index contributed by atoms with van der Waals surface area (Å²) in [4.78, 5) is 4.24. The highest BCUT2D eigenvalue weighted by atomic mass is 35.5. The highest BCUT2D eigenvalue weighted by Gasteiger charge is 2.03. The van der Waals surface area contributed by atoms with Crippen LogP contribution >= 0.6 is 11.6 Å². The van der Waals surface area contributed by atoms with Crippen molar-refractivity contribution < 1.29 is 4.42 Å². The number of allylic oxidation sites excluding steroid dienone is 1. The van der Waals surface area contributed by atoms with Crippen LogP contribution in [0.2, 0.25) is 5.02 Å². The first-order chi connectivity index (χ1) is 6.29. The second-order valence-electron chi connectivity index (χ2n) is 2.71. The molecule has 0 aliphatic rings. The molecule has 3 heteroatoms. The number of benzene rings is 1. The Morgan fingerprint density at radius 1 is 1.54 bits per heavy atom. The summed E-state index contributed by atoms with van der Waals surface area (Å²) >= 11 is 5.80. The number of hydrogen-bond acceptors (Lipinski definition) is 2. The molecule has 2 nitrogen and oxygen atoms in total. The number of hydrogen-bond donors (Lipinski definition) is 0. The van der Waals surface area contributed by atoms with Gasteiger partial charge in [0.1, 0.15) is 5.52 Å². The third-order valence-electron chi connectivity index (χ3n) is 1.71. The van der Waals surface area contributed by atoms with Crippen LogP contribution in [0.25, 0.3) is 11.1 Å². The van der Waals surface area contributed by atoms with Gasteiger partial charge in [-0.15, -0.1) is 6.58 Å². The predicted molar refractivity (Wildman–Crippen MR) is 52.9 cm³/mol. The molecule has 1 heterocycles. The van der Waals surface area contributed by atoms with Crippen LogP contribution in [0, 0.1) is 0 Å². The molecule has 0 amide bonds. The molecule has 0 bridgehead atoms. The average Bonchev–Trinajstić information content (AvgIpc) is 2.46. The van der Waals surface area contributed by atoms with Gasteiger partial charge in [0.15, 0.2) is 11.5 Å². The van der Waals surface area contributed by atoms with Crippen LogP contribution in [0.3, 0.4) is 0 Å². The Morgan fingerprint density at radius 2 is 2.38 bits per heavy atom. The Balaban J connectivity index is 2.55. The summed E-state index contributed by atoms with van der Waals surface area (Å²) in [7, 11) is 0. The van der Waals surface area contributed by atoms with E-state index in [9.17, 15) is 0 Å². The Morgan fingerprint density at radius 3 is 3.15 bits per heavy atom. The molecule has 0 saturated heterocycles. The molecule has 0 unspecified atom stereocenters. The van der Waals surface area contributed by atoms with Gasteiger partial charge in [0.05, 0.1) is 0 Å². The molecule has 1 aromatic heterocycles. The van der Waals surface area contributed by atoms with Crippen molar-refractivity contribution in [2.45, 2.75) is 6.42 Å². The van der Waals surface area contributed by atoms with E-state index in [1.54, 1.807) is 18.2 Å². The van der Waals surface area contributed by atoms with E-state index in [0.717, 1.165) is 11.1 Å². The molecule has 0 aliphatic carbocycles. The maximum Gasteiger partial charge on any atom is 0.199 e. The first-order valence-corrected chi connectivity index (χ1v) is 4.33. The molecule has 0 aliphatic heterocycles. The first-order valence-electron chi connectivity index (χ1n) is 3.95. The zero-order valence-electron chi connectivity index (χ0n) is 6.96. The summed E-state index contributed by atoms with van der Waals surface area (Å²) in [5.41, 5.74) is 1.56. The van der Waals surface area contributed by atoms with Crippen molar-refractivity contribution in [3.63, 3.8) is 0 Å². The van der Waals surface area contributed by atoms with Crippen LogP contribution in [0.1, 0.15) is 5.89 Å². The van der Waals surface area contributed by atoms with Crippen molar-refractivity contribution in [1.29, 1.82) is 0 Å². The summed E-state index contributed by atoms with van der Waals surface area (Å²) in [5, 5.41) is 0.672. The minimum atomic E-state index is 0.645. The monoisotopic (exact) mass is 193 g/mol. The molecule has 0 fully saturated rings. The van der Waals surface area contributed by atoms with Gasteiger partial charge < -0.3 is 4.42 Å². The van der Waals surface area contributed by atoms with E-state index in [-0.39, 0.29) is 0 Å². The highest BCUT2D eigenvalue weighted by Crippen LogP contribution is 2.19. The minimum absolute atomic E-state index is 0.645. The Kier molecular flexibility index (Phi) is 2.07. The molecule has 2 rings (SSSR count). The van der Waals surface area contributed by atoms with Crippen LogP contribution < -0.4 is 0 Å². The van der Waals surface area contributed by atoms with Gasteiger partial charge in [0.2, 0.25) is 0 Å². The van der Waals surface area contributed by atoms with E-state index in [1.165, 1.54) is 0 Å². The summed E-state index contributed by atoms with van der Waals surface area (Å²) in [6.07, 6.45) is 2.40. The number of rotatable bonds is 2. The highest BCUT2D eigenvalue weighted by molar-refractivity contribution is 6.31. The molecular weight excluding hydrogens is 186 g/mol. The maximum atomic E-state index is 5.80. The van der Waals surface area contributed by atoms with E-state index >= 15 is 0 Å². The molecule has 0 saturated carbocycles. The van der Waals surface area contributed by atoms with Gasteiger partial charge >= 0.3 is 0 Å². The maximum absolute atomic E-state index is 5.80. The van der Waals surface area contributed by atoms with Crippen molar-refractivity contribution in [1.82, 2.24) is 4.98 Å². The predicted octanol–water partition coefficient (Wildman–Crippen LogP) is 3.21. The van der Waals surface area contributed by atoms with Gasteiger partial charge in [-0.1, -0.05) is 17.7 Å². The van der Waals surface area contributed by atoms with Crippen LogP contribution in [0.5, 0.6) is 0 Å². The molecule has 0 atom stereocenters. The van der Waals surface area contributed by atoms with E-state index in [2.05, 4.69) is 11.6 Å². The topological polar surface area (TPSA) is 26.0 Å². The van der Waals surface area contributed by atoms with Crippen LogP contribution in [0.15, 0.2) is 35.3 Å². The fraction of sp³-hybridized carbons (Fsp3) is 0.100. The molecule has 0 radical (unpaired) electrons. The Hall–Kier alpha value is -1.28. The third kappa shape index (κ3) is 1.58. The minimum Gasteiger partial charge on any atom is -0.440 e. The lowest BCUT2D eigenvalue weighted by Gasteiger charge is -1.85. The van der Waals surface area contributed by atoms with Crippen LogP contribution in [-0.2, 0) is 6.42 Å². The first kappa shape index (κ1) is 8.32. The summed E-state index contributed by atoms with van der Waals surface area (Å²) in [5.74, 6) is 0.673. The molecule has 13 heavy (non-hydrogen) atoms. The lowest BCUT2D eigenvalue weighted by atomic mass is 10.3. The SMILES string of the molecule is C=CCc1nc2cc(Cl)ccc2o1. The smallest absolute Gasteiger partial charge is 0.199 e. The number of fused-ring (bicyclic) bond motifs is 1. The molecule has 0 N–H and O–H groups in total. The van der Waals surface area contributed by atoms with Crippen LogP contribution in [-0.4, -0.2) is 4.98 Å². The number of oxazole rings is 1. The van der Waals surface area contributed by atoms with Crippen molar-refractivity contribution in [3.05, 3.63) is 41.8 Å². The standard InChI is InChI=1S/C10H8ClNO/c1-2-3-10-12-8-6-7(11)4-5-9(8)13-10/h2,4-6H,1,3H2. The quantitative estimate of drug-likeness (QED) is 0.685. The average molecular weight is 194 g/mol. The normalized spacial score (nSPS) is 10.5. The molecule has 0 spiro atoms. The molecule has 66 valence electrons. The largest absolute Gasteiger partial charge is 0.440 e.